The summed E-state index contributed by atoms with van der Waals surface area (Å²) in [6, 6.07) is 14.7. The molecule has 0 saturated carbocycles. The van der Waals surface area contributed by atoms with E-state index in [2.05, 4.69) is 58.5 Å². The predicted octanol–water partition coefficient (Wildman–Crippen LogP) is 4.04. The fourth-order valence-electron chi connectivity index (χ4n) is 2.79. The van der Waals surface area contributed by atoms with Crippen molar-refractivity contribution in [2.45, 2.75) is 13.0 Å². The largest absolute Gasteiger partial charge is 0.346 e. The molecule has 1 atom stereocenters. The maximum atomic E-state index is 4.55. The van der Waals surface area contributed by atoms with Crippen molar-refractivity contribution in [3.05, 3.63) is 72.8 Å². The molecular weight excluding hydrogens is 272 g/mol. The number of aromatic amines is 1. The van der Waals surface area contributed by atoms with Crippen LogP contribution in [0, 0.1) is 0 Å². The van der Waals surface area contributed by atoms with E-state index >= 15 is 0 Å². The first-order chi connectivity index (χ1) is 10.8. The minimum absolute atomic E-state index is 0.207. The molecule has 22 heavy (non-hydrogen) atoms. The summed E-state index contributed by atoms with van der Waals surface area (Å²) in [5, 5.41) is 5.67. The summed E-state index contributed by atoms with van der Waals surface area (Å²) in [7, 11) is 0. The van der Waals surface area contributed by atoms with E-state index < -0.39 is 0 Å². The van der Waals surface area contributed by atoms with E-state index in [9.17, 15) is 0 Å². The van der Waals surface area contributed by atoms with Gasteiger partial charge in [0.25, 0.3) is 0 Å². The number of hydrogen-bond donors (Lipinski definition) is 1. The Morgan fingerprint density at radius 2 is 1.95 bits per heavy atom. The molecule has 108 valence electrons. The van der Waals surface area contributed by atoms with Crippen LogP contribution in [0.2, 0.25) is 0 Å². The van der Waals surface area contributed by atoms with E-state index in [1.54, 1.807) is 0 Å². The quantitative estimate of drug-likeness (QED) is 0.618. The van der Waals surface area contributed by atoms with Gasteiger partial charge >= 0.3 is 0 Å². The van der Waals surface area contributed by atoms with E-state index in [1.165, 1.54) is 5.56 Å². The molecule has 0 bridgehead atoms. The highest BCUT2D eigenvalue weighted by atomic mass is 15.3. The van der Waals surface area contributed by atoms with E-state index in [-0.39, 0.29) is 6.04 Å². The van der Waals surface area contributed by atoms with Crippen LogP contribution in [0.3, 0.4) is 0 Å². The van der Waals surface area contributed by atoms with Gasteiger partial charge in [0.1, 0.15) is 5.65 Å². The topological polar surface area (TPSA) is 46.5 Å². The molecule has 4 rings (SSSR count). The summed E-state index contributed by atoms with van der Waals surface area (Å²) in [6.07, 6.45) is 7.75. The second-order valence-electron chi connectivity index (χ2n) is 5.39. The number of rotatable bonds is 3. The summed E-state index contributed by atoms with van der Waals surface area (Å²) in [4.78, 5) is 7.48. The molecule has 0 spiro atoms. The smallest absolute Gasteiger partial charge is 0.137 e. The summed E-state index contributed by atoms with van der Waals surface area (Å²) >= 11 is 0. The molecule has 0 fully saturated rings. The molecule has 0 radical (unpaired) electrons. The molecular formula is C18H16N4. The molecule has 1 aromatic carbocycles. The summed E-state index contributed by atoms with van der Waals surface area (Å²) < 4.78 is 2.00. The Labute approximate surface area is 128 Å². The number of fused-ring (bicyclic) bond motifs is 1. The molecule has 1 N–H and O–H groups in total. The first-order valence-electron chi connectivity index (χ1n) is 7.34. The minimum Gasteiger partial charge on any atom is -0.346 e. The molecule has 0 aliphatic rings. The highest BCUT2D eigenvalue weighted by molar-refractivity contribution is 5.92. The Hall–Kier alpha value is -2.88. The Morgan fingerprint density at radius 1 is 1.09 bits per heavy atom. The van der Waals surface area contributed by atoms with Gasteiger partial charge in [0.05, 0.1) is 12.2 Å². The molecule has 0 amide bonds. The maximum absolute atomic E-state index is 4.55. The van der Waals surface area contributed by atoms with Crippen LogP contribution in [0.4, 0.5) is 0 Å². The molecule has 3 heterocycles. The normalized spacial score (nSPS) is 12.6. The first kappa shape index (κ1) is 12.8. The molecule has 1 unspecified atom stereocenters. The summed E-state index contributed by atoms with van der Waals surface area (Å²) in [5.41, 5.74) is 4.41. The van der Waals surface area contributed by atoms with Crippen LogP contribution in [0.15, 0.2) is 67.3 Å². The molecule has 0 saturated heterocycles. The Balaban J connectivity index is 1.74. The van der Waals surface area contributed by atoms with Gasteiger partial charge in [0.15, 0.2) is 0 Å². The van der Waals surface area contributed by atoms with Crippen LogP contribution in [0.5, 0.6) is 0 Å². The number of pyridine rings is 1. The van der Waals surface area contributed by atoms with E-state index in [1.807, 2.05) is 35.4 Å². The van der Waals surface area contributed by atoms with Gasteiger partial charge in [-0.15, -0.1) is 0 Å². The van der Waals surface area contributed by atoms with E-state index in [4.69, 9.17) is 0 Å². The predicted molar refractivity (Wildman–Crippen MR) is 87.6 cm³/mol. The van der Waals surface area contributed by atoms with Crippen LogP contribution in [-0.4, -0.2) is 19.7 Å². The van der Waals surface area contributed by atoms with Crippen LogP contribution in [0.25, 0.3) is 22.2 Å². The zero-order valence-corrected chi connectivity index (χ0v) is 12.3. The lowest BCUT2D eigenvalue weighted by Gasteiger charge is -2.12. The van der Waals surface area contributed by atoms with Crippen LogP contribution < -0.4 is 0 Å². The molecule has 4 aromatic rings. The summed E-state index contributed by atoms with van der Waals surface area (Å²) in [5.74, 6) is 0. The van der Waals surface area contributed by atoms with Gasteiger partial charge < -0.3 is 4.98 Å². The zero-order valence-electron chi connectivity index (χ0n) is 12.3. The average Bonchev–Trinajstić information content (AvgIpc) is 3.24. The second-order valence-corrected chi connectivity index (χ2v) is 5.39. The minimum atomic E-state index is 0.207. The SMILES string of the molecule is CC(c1ccccc1)n1cc(-c2ccnc3[nH]ccc23)cn1. The lowest BCUT2D eigenvalue weighted by molar-refractivity contribution is 0.565. The number of hydrogen-bond acceptors (Lipinski definition) is 2. The maximum Gasteiger partial charge on any atom is 0.137 e. The van der Waals surface area contributed by atoms with E-state index in [0.717, 1.165) is 22.2 Å². The van der Waals surface area contributed by atoms with Gasteiger partial charge in [-0.1, -0.05) is 30.3 Å². The van der Waals surface area contributed by atoms with Crippen molar-refractivity contribution in [3.8, 4) is 11.1 Å². The summed E-state index contributed by atoms with van der Waals surface area (Å²) in [6.45, 7) is 2.16. The van der Waals surface area contributed by atoms with E-state index in [0.29, 0.717) is 0 Å². The number of benzene rings is 1. The lowest BCUT2D eigenvalue weighted by atomic mass is 10.1. The molecule has 4 nitrogen and oxygen atoms in total. The van der Waals surface area contributed by atoms with Crippen molar-refractivity contribution in [2.75, 3.05) is 0 Å². The van der Waals surface area contributed by atoms with Crippen molar-refractivity contribution < 1.29 is 0 Å². The monoisotopic (exact) mass is 288 g/mol. The third-order valence-electron chi connectivity index (χ3n) is 4.05. The first-order valence-corrected chi connectivity index (χ1v) is 7.34. The number of nitrogens with zero attached hydrogens (tertiary/aromatic N) is 3. The van der Waals surface area contributed by atoms with Gasteiger partial charge in [-0.25, -0.2) is 4.98 Å². The third-order valence-corrected chi connectivity index (χ3v) is 4.05. The van der Waals surface area contributed by atoms with Crippen LogP contribution in [0.1, 0.15) is 18.5 Å². The van der Waals surface area contributed by atoms with Crippen molar-refractivity contribution in [2.24, 2.45) is 0 Å². The van der Waals surface area contributed by atoms with Gasteiger partial charge in [0.2, 0.25) is 0 Å². The third kappa shape index (κ3) is 2.09. The molecule has 3 aromatic heterocycles. The Bertz CT molecular complexity index is 905. The van der Waals surface area contributed by atoms with Crippen molar-refractivity contribution in [3.63, 3.8) is 0 Å². The van der Waals surface area contributed by atoms with Crippen molar-refractivity contribution in [1.82, 2.24) is 19.7 Å². The highest BCUT2D eigenvalue weighted by Gasteiger charge is 2.11. The van der Waals surface area contributed by atoms with Crippen molar-refractivity contribution >= 4 is 11.0 Å². The second kappa shape index (κ2) is 5.15. The van der Waals surface area contributed by atoms with Gasteiger partial charge in [-0.2, -0.15) is 5.10 Å². The molecule has 0 aliphatic heterocycles. The van der Waals surface area contributed by atoms with Gasteiger partial charge in [-0.05, 0) is 30.2 Å². The number of nitrogens with one attached hydrogen (secondary N) is 1. The highest BCUT2D eigenvalue weighted by Crippen LogP contribution is 2.28. The average molecular weight is 288 g/mol. The van der Waals surface area contributed by atoms with Gasteiger partial charge in [0, 0.05) is 29.5 Å². The lowest BCUT2D eigenvalue weighted by Crippen LogP contribution is -2.06. The van der Waals surface area contributed by atoms with Gasteiger partial charge in [-0.3, -0.25) is 4.68 Å². The molecule has 4 heteroatoms. The standard InChI is InChI=1S/C18H16N4/c1-13(14-5-3-2-4-6-14)22-12-15(11-21-22)16-7-9-19-18-17(16)8-10-20-18/h2-13H,1H3,(H,19,20). The van der Waals surface area contributed by atoms with Crippen LogP contribution in [-0.2, 0) is 0 Å². The fraction of sp³-hybridized carbons (Fsp3) is 0.111. The zero-order chi connectivity index (χ0) is 14.9. The van der Waals surface area contributed by atoms with Crippen LogP contribution >= 0.6 is 0 Å². The van der Waals surface area contributed by atoms with Crippen molar-refractivity contribution in [1.29, 1.82) is 0 Å². The number of H-pyrrole nitrogens is 1. The Kier molecular flexibility index (Phi) is 3.00. The number of aromatic nitrogens is 4. The Morgan fingerprint density at radius 3 is 2.82 bits per heavy atom. The fourth-order valence-corrected chi connectivity index (χ4v) is 2.79. The molecule has 0 aliphatic carbocycles.